The van der Waals surface area contributed by atoms with E-state index in [1.54, 1.807) is 6.07 Å². The second-order valence-corrected chi connectivity index (χ2v) is 3.79. The smallest absolute Gasteiger partial charge is 0.165 e. The molecule has 0 heterocycles. The molecule has 16 heavy (non-hydrogen) atoms. The number of ether oxygens (including phenoxy) is 1. The number of rotatable bonds is 5. The van der Waals surface area contributed by atoms with Crippen molar-refractivity contribution in [1.29, 1.82) is 0 Å². The van der Waals surface area contributed by atoms with Gasteiger partial charge in [-0.3, -0.25) is 0 Å². The standard InChI is InChI=1S/C12H18FNO.ClH/c1-3-6-15-12-5-4-10(7-9(2)14)8-11(12)13;/h4-5,8-9H,3,6-7,14H2,1-2H3;1H. The van der Waals surface area contributed by atoms with Gasteiger partial charge in [0.1, 0.15) is 0 Å². The van der Waals surface area contributed by atoms with Gasteiger partial charge in [-0.2, -0.15) is 0 Å². The van der Waals surface area contributed by atoms with Gasteiger partial charge in [-0.1, -0.05) is 13.0 Å². The molecule has 1 aromatic carbocycles. The summed E-state index contributed by atoms with van der Waals surface area (Å²) >= 11 is 0. The lowest BCUT2D eigenvalue weighted by Crippen LogP contribution is -2.17. The maximum absolute atomic E-state index is 13.5. The van der Waals surface area contributed by atoms with Crippen LogP contribution in [0.25, 0.3) is 0 Å². The molecule has 0 aliphatic carbocycles. The van der Waals surface area contributed by atoms with Crippen molar-refractivity contribution in [2.45, 2.75) is 32.7 Å². The van der Waals surface area contributed by atoms with Crippen molar-refractivity contribution in [2.75, 3.05) is 6.61 Å². The summed E-state index contributed by atoms with van der Waals surface area (Å²) in [5.74, 6) is 0.0203. The average Bonchev–Trinajstić information content (AvgIpc) is 2.15. The molecule has 1 rings (SSSR count). The summed E-state index contributed by atoms with van der Waals surface area (Å²) in [4.78, 5) is 0. The number of benzene rings is 1. The molecule has 0 saturated carbocycles. The molecule has 1 aromatic rings. The number of halogens is 2. The lowest BCUT2D eigenvalue weighted by molar-refractivity contribution is 0.301. The lowest BCUT2D eigenvalue weighted by Gasteiger charge is -2.09. The number of hydrogen-bond acceptors (Lipinski definition) is 2. The van der Waals surface area contributed by atoms with Crippen molar-refractivity contribution < 1.29 is 9.13 Å². The van der Waals surface area contributed by atoms with Crippen molar-refractivity contribution in [1.82, 2.24) is 0 Å². The van der Waals surface area contributed by atoms with Gasteiger partial charge in [0, 0.05) is 6.04 Å². The summed E-state index contributed by atoms with van der Waals surface area (Å²) < 4.78 is 18.7. The molecular formula is C12H19ClFNO. The van der Waals surface area contributed by atoms with Crippen LogP contribution in [-0.4, -0.2) is 12.6 Å². The van der Waals surface area contributed by atoms with Crippen LogP contribution in [0.15, 0.2) is 18.2 Å². The van der Waals surface area contributed by atoms with Gasteiger partial charge in [0.05, 0.1) is 6.61 Å². The lowest BCUT2D eigenvalue weighted by atomic mass is 10.1. The Morgan fingerprint density at radius 3 is 2.62 bits per heavy atom. The van der Waals surface area contributed by atoms with Crippen LogP contribution in [0.2, 0.25) is 0 Å². The van der Waals surface area contributed by atoms with Crippen molar-refractivity contribution in [3.05, 3.63) is 29.6 Å². The zero-order valence-electron chi connectivity index (χ0n) is 9.70. The Hall–Kier alpha value is -0.800. The van der Waals surface area contributed by atoms with E-state index in [0.29, 0.717) is 18.8 Å². The molecule has 0 radical (unpaired) electrons. The van der Waals surface area contributed by atoms with Crippen LogP contribution in [0.4, 0.5) is 4.39 Å². The van der Waals surface area contributed by atoms with Gasteiger partial charge in [0.2, 0.25) is 0 Å². The van der Waals surface area contributed by atoms with Crippen molar-refractivity contribution in [2.24, 2.45) is 5.73 Å². The minimum absolute atomic E-state index is 0. The van der Waals surface area contributed by atoms with Gasteiger partial charge in [-0.25, -0.2) is 4.39 Å². The van der Waals surface area contributed by atoms with Gasteiger partial charge >= 0.3 is 0 Å². The summed E-state index contributed by atoms with van der Waals surface area (Å²) in [6.07, 6.45) is 1.56. The van der Waals surface area contributed by atoms with Crippen LogP contribution < -0.4 is 10.5 Å². The molecule has 0 aliphatic heterocycles. The molecule has 0 fully saturated rings. The molecule has 1 unspecified atom stereocenters. The van der Waals surface area contributed by atoms with E-state index in [0.717, 1.165) is 12.0 Å². The fourth-order valence-corrected chi connectivity index (χ4v) is 1.37. The second-order valence-electron chi connectivity index (χ2n) is 3.79. The van der Waals surface area contributed by atoms with E-state index in [4.69, 9.17) is 10.5 Å². The van der Waals surface area contributed by atoms with Gasteiger partial charge < -0.3 is 10.5 Å². The topological polar surface area (TPSA) is 35.2 Å². The Balaban J connectivity index is 0.00000225. The summed E-state index contributed by atoms with van der Waals surface area (Å²) in [6, 6.07) is 5.07. The summed E-state index contributed by atoms with van der Waals surface area (Å²) in [7, 11) is 0. The highest BCUT2D eigenvalue weighted by atomic mass is 35.5. The molecule has 0 aromatic heterocycles. The van der Waals surface area contributed by atoms with E-state index in [2.05, 4.69) is 0 Å². The Kier molecular flexibility index (Phi) is 7.10. The van der Waals surface area contributed by atoms with Crippen molar-refractivity contribution >= 4 is 12.4 Å². The fraction of sp³-hybridized carbons (Fsp3) is 0.500. The summed E-state index contributed by atoms with van der Waals surface area (Å²) in [5, 5.41) is 0. The second kappa shape index (κ2) is 7.47. The molecule has 4 heteroatoms. The van der Waals surface area contributed by atoms with E-state index >= 15 is 0 Å². The van der Waals surface area contributed by atoms with Crippen LogP contribution >= 0.6 is 12.4 Å². The van der Waals surface area contributed by atoms with Crippen LogP contribution in [0.5, 0.6) is 5.75 Å². The first kappa shape index (κ1) is 15.2. The molecule has 2 nitrogen and oxygen atoms in total. The molecule has 0 amide bonds. The molecule has 92 valence electrons. The normalized spacial score (nSPS) is 11.8. The third kappa shape index (κ3) is 4.81. The third-order valence-corrected chi connectivity index (χ3v) is 2.02. The molecular weight excluding hydrogens is 229 g/mol. The maximum atomic E-state index is 13.5. The number of hydrogen-bond donors (Lipinski definition) is 1. The first-order chi connectivity index (χ1) is 7.13. The summed E-state index contributed by atoms with van der Waals surface area (Å²) in [5.41, 5.74) is 6.55. The SMILES string of the molecule is CCCOc1ccc(CC(C)N)cc1F.Cl. The molecule has 1 atom stereocenters. The first-order valence-corrected chi connectivity index (χ1v) is 5.30. The zero-order valence-corrected chi connectivity index (χ0v) is 10.5. The molecule has 0 bridgehead atoms. The van der Waals surface area contributed by atoms with Crippen LogP contribution in [0.3, 0.4) is 0 Å². The van der Waals surface area contributed by atoms with E-state index in [-0.39, 0.29) is 24.3 Å². The van der Waals surface area contributed by atoms with Gasteiger partial charge in [-0.05, 0) is 37.5 Å². The zero-order chi connectivity index (χ0) is 11.3. The quantitative estimate of drug-likeness (QED) is 0.868. The van der Waals surface area contributed by atoms with Crippen molar-refractivity contribution in [3.63, 3.8) is 0 Å². The van der Waals surface area contributed by atoms with Gasteiger partial charge in [0.25, 0.3) is 0 Å². The van der Waals surface area contributed by atoms with E-state index < -0.39 is 0 Å². The monoisotopic (exact) mass is 247 g/mol. The highest BCUT2D eigenvalue weighted by Crippen LogP contribution is 2.19. The Morgan fingerprint density at radius 2 is 2.12 bits per heavy atom. The molecule has 2 N–H and O–H groups in total. The highest BCUT2D eigenvalue weighted by molar-refractivity contribution is 5.85. The van der Waals surface area contributed by atoms with Gasteiger partial charge in [-0.15, -0.1) is 12.4 Å². The summed E-state index contributed by atoms with van der Waals surface area (Å²) in [6.45, 7) is 4.44. The largest absolute Gasteiger partial charge is 0.491 e. The van der Waals surface area contributed by atoms with Crippen molar-refractivity contribution in [3.8, 4) is 5.75 Å². The van der Waals surface area contributed by atoms with Gasteiger partial charge in [0.15, 0.2) is 11.6 Å². The average molecular weight is 248 g/mol. The predicted octanol–water partition coefficient (Wildman–Crippen LogP) is 2.93. The third-order valence-electron chi connectivity index (χ3n) is 2.02. The van der Waals surface area contributed by atoms with Crippen LogP contribution in [0.1, 0.15) is 25.8 Å². The Labute approximate surface area is 102 Å². The number of nitrogens with two attached hydrogens (primary N) is 1. The Bertz CT molecular complexity index is 318. The first-order valence-electron chi connectivity index (χ1n) is 5.30. The predicted molar refractivity (Wildman–Crippen MR) is 66.8 cm³/mol. The minimum Gasteiger partial charge on any atom is -0.491 e. The Morgan fingerprint density at radius 1 is 1.44 bits per heavy atom. The van der Waals surface area contributed by atoms with Crippen LogP contribution in [-0.2, 0) is 6.42 Å². The maximum Gasteiger partial charge on any atom is 0.165 e. The molecule has 0 aliphatic rings. The fourth-order valence-electron chi connectivity index (χ4n) is 1.37. The van der Waals surface area contributed by atoms with E-state index in [1.165, 1.54) is 6.07 Å². The minimum atomic E-state index is -0.304. The van der Waals surface area contributed by atoms with E-state index in [9.17, 15) is 4.39 Å². The molecule has 0 spiro atoms. The molecule has 0 saturated heterocycles. The van der Waals surface area contributed by atoms with E-state index in [1.807, 2.05) is 19.9 Å². The van der Waals surface area contributed by atoms with Crippen LogP contribution in [0, 0.1) is 5.82 Å². The highest BCUT2D eigenvalue weighted by Gasteiger charge is 2.05.